The topological polar surface area (TPSA) is 107 Å². The lowest BCUT2D eigenvalue weighted by atomic mass is 10.2. The van der Waals surface area contributed by atoms with Crippen LogP contribution in [0, 0.1) is 0 Å². The molecule has 30 heavy (non-hydrogen) atoms. The Morgan fingerprint density at radius 1 is 1.00 bits per heavy atom. The van der Waals surface area contributed by atoms with Crippen molar-refractivity contribution in [2.45, 2.75) is 16.4 Å². The predicted octanol–water partition coefficient (Wildman–Crippen LogP) is 2.52. The first-order valence-corrected chi connectivity index (χ1v) is 11.7. The van der Waals surface area contributed by atoms with Crippen molar-refractivity contribution in [2.24, 2.45) is 5.73 Å². The summed E-state index contributed by atoms with van der Waals surface area (Å²) in [7, 11) is -4.39. The second-order valence-electron chi connectivity index (χ2n) is 6.34. The minimum absolute atomic E-state index is 0. The maximum Gasteiger partial charge on any atom is 0.242 e. The van der Waals surface area contributed by atoms with E-state index in [4.69, 9.17) is 10.5 Å². The van der Waals surface area contributed by atoms with Gasteiger partial charge in [-0.05, 0) is 48.0 Å². The highest BCUT2D eigenvalue weighted by atomic mass is 35.5. The lowest BCUT2D eigenvalue weighted by Crippen LogP contribution is -2.22. The molecule has 2 aromatic rings. The second-order valence-corrected chi connectivity index (χ2v) is 10.5. The molecule has 7 nitrogen and oxygen atoms in total. The van der Waals surface area contributed by atoms with E-state index in [2.05, 4.69) is 0 Å². The summed E-state index contributed by atoms with van der Waals surface area (Å²) >= 11 is 0. The Balaban J connectivity index is 0.00000450. The molecular weight excluding hydrogens is 455 g/mol. The van der Waals surface area contributed by atoms with Crippen LogP contribution < -0.4 is 10.5 Å². The molecule has 0 amide bonds. The molecule has 2 N–H and O–H groups in total. The van der Waals surface area contributed by atoms with Gasteiger partial charge in [0.1, 0.15) is 23.9 Å². The number of nitrogens with zero attached hydrogens (tertiary/aromatic N) is 1. The van der Waals surface area contributed by atoms with Gasteiger partial charge in [0.05, 0.1) is 9.79 Å². The van der Waals surface area contributed by atoms with E-state index in [0.29, 0.717) is 5.75 Å². The zero-order valence-electron chi connectivity index (χ0n) is 16.5. The molecule has 0 spiro atoms. The maximum absolute atomic E-state index is 13.5. The van der Waals surface area contributed by atoms with Crippen molar-refractivity contribution in [2.75, 3.05) is 26.4 Å². The molecule has 0 aromatic heterocycles. The van der Waals surface area contributed by atoms with Crippen LogP contribution in [0.3, 0.4) is 0 Å². The third-order valence-corrected chi connectivity index (χ3v) is 7.43. The van der Waals surface area contributed by atoms with Gasteiger partial charge in [0.15, 0.2) is 9.84 Å². The second kappa shape index (κ2) is 10.9. The fraction of sp³-hybridized carbons (Fsp3) is 0.263. The van der Waals surface area contributed by atoms with Gasteiger partial charge >= 0.3 is 0 Å². The summed E-state index contributed by atoms with van der Waals surface area (Å²) in [5.74, 6) is -1.12. The number of halogens is 2. The summed E-state index contributed by atoms with van der Waals surface area (Å²) in [4.78, 5) is 0.153. The molecule has 0 unspecified atom stereocenters. The zero-order chi connectivity index (χ0) is 21.7. The van der Waals surface area contributed by atoms with Crippen LogP contribution in [0.1, 0.15) is 5.56 Å². The summed E-state index contributed by atoms with van der Waals surface area (Å²) in [6.45, 7) is 0.0957. The highest BCUT2D eigenvalue weighted by Crippen LogP contribution is 2.20. The van der Waals surface area contributed by atoms with Gasteiger partial charge in [-0.15, -0.1) is 12.4 Å². The summed E-state index contributed by atoms with van der Waals surface area (Å²) in [5.41, 5.74) is 5.91. The van der Waals surface area contributed by atoms with Crippen LogP contribution >= 0.6 is 12.4 Å². The minimum atomic E-state index is -3.81. The van der Waals surface area contributed by atoms with E-state index in [1.54, 1.807) is 12.1 Å². The number of nitrogens with two attached hydrogens (primary N) is 1. The quantitative estimate of drug-likeness (QED) is 0.593. The van der Waals surface area contributed by atoms with E-state index in [1.807, 2.05) is 0 Å². The van der Waals surface area contributed by atoms with Crippen LogP contribution in [0.2, 0.25) is 0 Å². The largest absolute Gasteiger partial charge is 0.489 e. The van der Waals surface area contributed by atoms with Crippen LogP contribution in [0.15, 0.2) is 70.2 Å². The monoisotopic (exact) mass is 478 g/mol. The van der Waals surface area contributed by atoms with E-state index in [-0.39, 0.29) is 35.3 Å². The van der Waals surface area contributed by atoms with Gasteiger partial charge in [0.2, 0.25) is 10.0 Å². The van der Waals surface area contributed by atoms with Crippen molar-refractivity contribution < 1.29 is 26.0 Å². The molecule has 0 saturated heterocycles. The molecule has 166 valence electrons. The van der Waals surface area contributed by atoms with Gasteiger partial charge in [0.25, 0.3) is 0 Å². The van der Waals surface area contributed by atoms with Crippen LogP contribution in [0.25, 0.3) is 0 Å². The molecular formula is C19H24ClFN2O5S2. The van der Waals surface area contributed by atoms with Crippen molar-refractivity contribution in [3.63, 3.8) is 0 Å². The number of benzene rings is 2. The first kappa shape index (κ1) is 26.1. The van der Waals surface area contributed by atoms with E-state index >= 15 is 0 Å². The predicted molar refractivity (Wildman–Crippen MR) is 116 cm³/mol. The van der Waals surface area contributed by atoms with Gasteiger partial charge in [0, 0.05) is 20.6 Å². The van der Waals surface area contributed by atoms with Crippen molar-refractivity contribution in [1.29, 1.82) is 0 Å². The summed E-state index contributed by atoms with van der Waals surface area (Å²) < 4.78 is 68.6. The van der Waals surface area contributed by atoms with Crippen molar-refractivity contribution >= 4 is 32.3 Å². The average molecular weight is 479 g/mol. The highest BCUT2D eigenvalue weighted by molar-refractivity contribution is 7.91. The van der Waals surface area contributed by atoms with Crippen LogP contribution in [0.5, 0.6) is 5.75 Å². The smallest absolute Gasteiger partial charge is 0.242 e. The average Bonchev–Trinajstić information content (AvgIpc) is 2.66. The number of sulfonamides is 1. The van der Waals surface area contributed by atoms with Crippen molar-refractivity contribution in [1.82, 2.24) is 4.31 Å². The molecule has 2 aromatic carbocycles. The van der Waals surface area contributed by atoms with Crippen molar-refractivity contribution in [3.8, 4) is 5.75 Å². The molecule has 0 bridgehead atoms. The lowest BCUT2D eigenvalue weighted by molar-refractivity contribution is 0.306. The van der Waals surface area contributed by atoms with Crippen LogP contribution in [0.4, 0.5) is 4.39 Å². The minimum Gasteiger partial charge on any atom is -0.489 e. The van der Waals surface area contributed by atoms with E-state index in [9.17, 15) is 21.2 Å². The molecule has 0 saturated carbocycles. The van der Waals surface area contributed by atoms with Gasteiger partial charge in [-0.25, -0.2) is 25.5 Å². The molecule has 0 aliphatic rings. The van der Waals surface area contributed by atoms with Gasteiger partial charge < -0.3 is 10.5 Å². The fourth-order valence-electron chi connectivity index (χ4n) is 2.33. The Morgan fingerprint density at radius 3 is 2.03 bits per heavy atom. The summed E-state index contributed by atoms with van der Waals surface area (Å²) in [5, 5.41) is 0. The van der Waals surface area contributed by atoms with Crippen LogP contribution in [-0.4, -0.2) is 47.5 Å². The van der Waals surface area contributed by atoms with Crippen molar-refractivity contribution in [3.05, 3.63) is 66.0 Å². The standard InChI is InChI=1S/C19H23FN2O5S2.ClH/c1-22(2)29(25,26)19-7-3-15(4-8-19)13-27-17-5-9-18(10-6-17)28(23,24)14-16(20)11-12-21;/h3-11H,12-14,21H2,1-2H3;1H/b16-11-;. The summed E-state index contributed by atoms with van der Waals surface area (Å²) in [6.07, 6.45) is 1.02. The molecule has 0 fully saturated rings. The number of rotatable bonds is 9. The Labute approximate surface area is 182 Å². The third-order valence-electron chi connectivity index (χ3n) is 3.96. The SMILES string of the molecule is CN(C)S(=O)(=O)c1ccc(COc2ccc(S(=O)(=O)C/C(F)=C/CN)cc2)cc1.Cl. The Morgan fingerprint density at radius 2 is 1.53 bits per heavy atom. The molecule has 2 rings (SSSR count). The first-order chi connectivity index (χ1) is 13.6. The number of sulfone groups is 1. The Hall–Kier alpha value is -1.98. The van der Waals surface area contributed by atoms with Gasteiger partial charge in [-0.2, -0.15) is 0 Å². The van der Waals surface area contributed by atoms with E-state index in [1.165, 1.54) is 50.5 Å². The maximum atomic E-state index is 13.5. The zero-order valence-corrected chi connectivity index (χ0v) is 18.9. The van der Waals surface area contributed by atoms with Gasteiger partial charge in [-0.1, -0.05) is 12.1 Å². The Bertz CT molecular complexity index is 1070. The van der Waals surface area contributed by atoms with Gasteiger partial charge in [-0.3, -0.25) is 0 Å². The molecule has 0 atom stereocenters. The lowest BCUT2D eigenvalue weighted by Gasteiger charge is -2.12. The normalized spacial score (nSPS) is 12.5. The van der Waals surface area contributed by atoms with E-state index in [0.717, 1.165) is 15.9 Å². The number of hydrogen-bond acceptors (Lipinski definition) is 6. The third kappa shape index (κ3) is 6.78. The molecule has 0 heterocycles. The van der Waals surface area contributed by atoms with Crippen LogP contribution in [-0.2, 0) is 26.5 Å². The molecule has 0 aliphatic heterocycles. The fourth-order valence-corrected chi connectivity index (χ4v) is 4.43. The molecule has 0 aliphatic carbocycles. The number of ether oxygens (including phenoxy) is 1. The summed E-state index contributed by atoms with van der Waals surface area (Å²) in [6, 6.07) is 11.9. The molecule has 0 radical (unpaired) electrons. The first-order valence-electron chi connectivity index (χ1n) is 8.58. The highest BCUT2D eigenvalue weighted by Gasteiger charge is 2.18. The van der Waals surface area contributed by atoms with E-state index < -0.39 is 31.4 Å². The molecule has 11 heteroatoms. The number of hydrogen-bond donors (Lipinski definition) is 1. The Kier molecular flexibility index (Phi) is 9.44.